The van der Waals surface area contributed by atoms with Crippen LogP contribution in [0.4, 0.5) is 0 Å². The molecule has 1 fully saturated rings. The maximum Gasteiger partial charge on any atom is 0.224 e. The van der Waals surface area contributed by atoms with Crippen molar-refractivity contribution in [3.05, 3.63) is 35.4 Å². The Balaban J connectivity index is 1.97. The molecule has 1 saturated heterocycles. The fraction of sp³-hybridized carbons (Fsp3) is 0.500. The van der Waals surface area contributed by atoms with E-state index >= 15 is 0 Å². The summed E-state index contributed by atoms with van der Waals surface area (Å²) in [5.74, 6) is -0.180. The monoisotopic (exact) mass is 274 g/mol. The van der Waals surface area contributed by atoms with E-state index in [9.17, 15) is 9.59 Å². The lowest BCUT2D eigenvalue weighted by atomic mass is 9.89. The molecule has 0 bridgehead atoms. The third-order valence-corrected chi connectivity index (χ3v) is 4.20. The number of nitrogens with two attached hydrogens (primary N) is 1. The summed E-state index contributed by atoms with van der Waals surface area (Å²) >= 11 is 0. The van der Waals surface area contributed by atoms with Crippen molar-refractivity contribution in [3.63, 3.8) is 0 Å². The van der Waals surface area contributed by atoms with E-state index < -0.39 is 5.41 Å². The minimum absolute atomic E-state index is 0.0985. The Kier molecular flexibility index (Phi) is 4.23. The van der Waals surface area contributed by atoms with Gasteiger partial charge in [-0.1, -0.05) is 31.2 Å². The number of carbonyl (C=O) groups excluding carboxylic acids is 2. The third kappa shape index (κ3) is 3.07. The van der Waals surface area contributed by atoms with Crippen LogP contribution in [0, 0.1) is 5.41 Å². The van der Waals surface area contributed by atoms with Crippen molar-refractivity contribution >= 4 is 11.7 Å². The highest BCUT2D eigenvalue weighted by Crippen LogP contribution is 2.29. The van der Waals surface area contributed by atoms with Crippen molar-refractivity contribution in [1.29, 1.82) is 0 Å². The zero-order valence-electron chi connectivity index (χ0n) is 12.2. The van der Waals surface area contributed by atoms with Crippen molar-refractivity contribution < 1.29 is 9.59 Å². The predicted octanol–water partition coefficient (Wildman–Crippen LogP) is 1.63. The maximum atomic E-state index is 12.2. The van der Waals surface area contributed by atoms with Crippen LogP contribution in [0.3, 0.4) is 0 Å². The third-order valence-electron chi connectivity index (χ3n) is 4.20. The zero-order valence-corrected chi connectivity index (χ0v) is 12.2. The summed E-state index contributed by atoms with van der Waals surface area (Å²) in [6.07, 6.45) is 1.70. The summed E-state index contributed by atoms with van der Waals surface area (Å²) in [6, 6.07) is 7.74. The molecule has 1 aliphatic heterocycles. The summed E-state index contributed by atoms with van der Waals surface area (Å²) in [6.45, 7) is 5.63. The molecule has 108 valence electrons. The Hall–Kier alpha value is -1.68. The highest BCUT2D eigenvalue weighted by Gasteiger charge is 2.39. The van der Waals surface area contributed by atoms with Crippen molar-refractivity contribution in [1.82, 2.24) is 4.90 Å². The van der Waals surface area contributed by atoms with Crippen LogP contribution in [0.1, 0.15) is 36.2 Å². The van der Waals surface area contributed by atoms with E-state index in [-0.39, 0.29) is 11.7 Å². The molecule has 0 saturated carbocycles. The number of aryl methyl sites for hydroxylation is 1. The molecule has 2 rings (SSSR count). The highest BCUT2D eigenvalue weighted by molar-refractivity contribution is 5.97. The molecule has 0 aromatic heterocycles. The molecule has 0 radical (unpaired) electrons. The smallest absolute Gasteiger partial charge is 0.224 e. The van der Waals surface area contributed by atoms with Crippen LogP contribution in [-0.4, -0.2) is 36.2 Å². The Morgan fingerprint density at radius 1 is 1.30 bits per heavy atom. The number of benzene rings is 1. The molecule has 0 aliphatic carbocycles. The largest absolute Gasteiger partial charge is 0.369 e. The topological polar surface area (TPSA) is 63.4 Å². The van der Waals surface area contributed by atoms with E-state index in [1.807, 2.05) is 36.1 Å². The molecule has 1 atom stereocenters. The van der Waals surface area contributed by atoms with Gasteiger partial charge >= 0.3 is 0 Å². The standard InChI is InChI=1S/C16H22N2O2/c1-3-12-4-6-13(7-5-12)14(19)10-18-9-8-16(2,11-18)15(17)20/h4-7H,3,8-11H2,1-2H3,(H2,17,20). The van der Waals surface area contributed by atoms with Crippen molar-refractivity contribution in [2.45, 2.75) is 26.7 Å². The Morgan fingerprint density at radius 2 is 1.95 bits per heavy atom. The first-order chi connectivity index (χ1) is 9.44. The summed E-state index contributed by atoms with van der Waals surface area (Å²) in [5, 5.41) is 0. The average Bonchev–Trinajstić information content (AvgIpc) is 2.82. The van der Waals surface area contributed by atoms with Gasteiger partial charge in [-0.25, -0.2) is 0 Å². The molecule has 1 aromatic carbocycles. The Morgan fingerprint density at radius 3 is 2.45 bits per heavy atom. The van der Waals surface area contributed by atoms with Gasteiger partial charge in [-0.15, -0.1) is 0 Å². The molecule has 1 amide bonds. The van der Waals surface area contributed by atoms with Gasteiger partial charge in [0, 0.05) is 12.1 Å². The number of Topliss-reactive ketones (excluding diaryl/α,β-unsaturated/α-hetero) is 1. The molecule has 0 spiro atoms. The van der Waals surface area contributed by atoms with Gasteiger partial charge in [0.2, 0.25) is 5.91 Å². The lowest BCUT2D eigenvalue weighted by Crippen LogP contribution is -2.38. The van der Waals surface area contributed by atoms with Crippen LogP contribution in [0.15, 0.2) is 24.3 Å². The molecule has 20 heavy (non-hydrogen) atoms. The summed E-state index contributed by atoms with van der Waals surface area (Å²) in [7, 11) is 0. The van der Waals surface area contributed by atoms with Crippen molar-refractivity contribution in [2.75, 3.05) is 19.6 Å². The maximum absolute atomic E-state index is 12.2. The van der Waals surface area contributed by atoms with Gasteiger partial charge in [0.05, 0.1) is 12.0 Å². The average molecular weight is 274 g/mol. The van der Waals surface area contributed by atoms with Crippen LogP contribution in [-0.2, 0) is 11.2 Å². The summed E-state index contributed by atoms with van der Waals surface area (Å²) in [5.41, 5.74) is 6.88. The number of amides is 1. The summed E-state index contributed by atoms with van der Waals surface area (Å²) in [4.78, 5) is 25.6. The number of primary amides is 1. The molecule has 2 N–H and O–H groups in total. The lowest BCUT2D eigenvalue weighted by molar-refractivity contribution is -0.126. The second-order valence-corrected chi connectivity index (χ2v) is 5.86. The van der Waals surface area contributed by atoms with Gasteiger partial charge in [0.25, 0.3) is 0 Å². The first-order valence-electron chi connectivity index (χ1n) is 7.09. The van der Waals surface area contributed by atoms with Crippen LogP contribution in [0.2, 0.25) is 0 Å². The van der Waals surface area contributed by atoms with Crippen molar-refractivity contribution in [3.8, 4) is 0 Å². The first-order valence-corrected chi connectivity index (χ1v) is 7.09. The van der Waals surface area contributed by atoms with Gasteiger partial charge in [-0.05, 0) is 31.9 Å². The SMILES string of the molecule is CCc1ccc(C(=O)CN2CCC(C)(C(N)=O)C2)cc1. The number of nitrogens with zero attached hydrogens (tertiary/aromatic N) is 1. The van der Waals surface area contributed by atoms with Gasteiger partial charge < -0.3 is 5.73 Å². The fourth-order valence-electron chi connectivity index (χ4n) is 2.61. The summed E-state index contributed by atoms with van der Waals surface area (Å²) < 4.78 is 0. The minimum Gasteiger partial charge on any atom is -0.369 e. The molecule has 1 aromatic rings. The molecular formula is C16H22N2O2. The van der Waals surface area contributed by atoms with Gasteiger partial charge in [0.1, 0.15) is 0 Å². The van der Waals surface area contributed by atoms with Crippen LogP contribution >= 0.6 is 0 Å². The van der Waals surface area contributed by atoms with Crippen LogP contribution in [0.25, 0.3) is 0 Å². The van der Waals surface area contributed by atoms with E-state index in [4.69, 9.17) is 5.73 Å². The zero-order chi connectivity index (χ0) is 14.8. The van der Waals surface area contributed by atoms with Gasteiger partial charge in [-0.2, -0.15) is 0 Å². The van der Waals surface area contributed by atoms with Gasteiger partial charge in [-0.3, -0.25) is 14.5 Å². The normalized spacial score (nSPS) is 22.9. The molecular weight excluding hydrogens is 252 g/mol. The number of hydrogen-bond donors (Lipinski definition) is 1. The molecule has 4 nitrogen and oxygen atoms in total. The van der Waals surface area contributed by atoms with Crippen LogP contribution < -0.4 is 5.73 Å². The number of rotatable bonds is 5. The van der Waals surface area contributed by atoms with E-state index in [0.717, 1.165) is 24.9 Å². The number of hydrogen-bond acceptors (Lipinski definition) is 3. The van der Waals surface area contributed by atoms with Gasteiger partial charge in [0.15, 0.2) is 5.78 Å². The molecule has 1 aliphatic rings. The Labute approximate surface area is 119 Å². The molecule has 1 heterocycles. The van der Waals surface area contributed by atoms with E-state index in [1.54, 1.807) is 0 Å². The van der Waals surface area contributed by atoms with Crippen molar-refractivity contribution in [2.24, 2.45) is 11.1 Å². The second-order valence-electron chi connectivity index (χ2n) is 5.86. The molecule has 1 unspecified atom stereocenters. The first kappa shape index (κ1) is 14.7. The minimum atomic E-state index is -0.494. The fourth-order valence-corrected chi connectivity index (χ4v) is 2.61. The molecule has 4 heteroatoms. The lowest BCUT2D eigenvalue weighted by Gasteiger charge is -2.20. The second kappa shape index (κ2) is 5.75. The quantitative estimate of drug-likeness (QED) is 0.830. The highest BCUT2D eigenvalue weighted by atomic mass is 16.1. The Bertz CT molecular complexity index is 510. The van der Waals surface area contributed by atoms with E-state index in [0.29, 0.717) is 13.1 Å². The predicted molar refractivity (Wildman–Crippen MR) is 78.5 cm³/mol. The number of carbonyl (C=O) groups is 2. The number of likely N-dealkylation sites (tertiary alicyclic amines) is 1. The van der Waals surface area contributed by atoms with E-state index in [1.165, 1.54) is 5.56 Å². The van der Waals surface area contributed by atoms with E-state index in [2.05, 4.69) is 6.92 Å². The number of ketones is 1. The van der Waals surface area contributed by atoms with Crippen LogP contribution in [0.5, 0.6) is 0 Å².